The average Bonchev–Trinajstić information content (AvgIpc) is 2.73. The first-order valence-electron chi connectivity index (χ1n) is 7.28. The summed E-state index contributed by atoms with van der Waals surface area (Å²) in [6.45, 7) is 9.99. The van der Waals surface area contributed by atoms with Crippen molar-refractivity contribution in [2.45, 2.75) is 52.9 Å². The molecule has 0 amide bonds. The third kappa shape index (κ3) is 2.45. The van der Waals surface area contributed by atoms with Crippen LogP contribution in [0, 0.1) is 23.2 Å². The normalized spacial score (nSPS) is 37.1. The third-order valence-corrected chi connectivity index (χ3v) is 5.27. The molecule has 3 unspecified atom stereocenters. The molecule has 1 saturated carbocycles. The van der Waals surface area contributed by atoms with Crippen molar-refractivity contribution in [2.75, 3.05) is 20.1 Å². The fourth-order valence-electron chi connectivity index (χ4n) is 3.76. The van der Waals surface area contributed by atoms with Gasteiger partial charge in [0.15, 0.2) is 0 Å². The van der Waals surface area contributed by atoms with Crippen LogP contribution in [-0.4, -0.2) is 25.0 Å². The van der Waals surface area contributed by atoms with E-state index < -0.39 is 0 Å². The van der Waals surface area contributed by atoms with E-state index in [-0.39, 0.29) is 0 Å². The van der Waals surface area contributed by atoms with Gasteiger partial charge in [0.25, 0.3) is 0 Å². The van der Waals surface area contributed by atoms with Crippen LogP contribution in [-0.2, 0) is 0 Å². The molecule has 1 aliphatic heterocycles. The number of hydrogen-bond acceptors (Lipinski definition) is 1. The number of rotatable bonds is 6. The number of fused-ring (bicyclic) bond motifs is 1. The second kappa shape index (κ2) is 4.68. The largest absolute Gasteiger partial charge is 0.306 e. The number of likely N-dealkylation sites (tertiary alicyclic amines) is 1. The van der Waals surface area contributed by atoms with Gasteiger partial charge in [-0.2, -0.15) is 0 Å². The number of nitrogens with zero attached hydrogens (tertiary/aromatic N) is 1. The Hall–Kier alpha value is -0.0400. The van der Waals surface area contributed by atoms with Crippen molar-refractivity contribution >= 4 is 0 Å². The van der Waals surface area contributed by atoms with Crippen molar-refractivity contribution in [3.8, 4) is 0 Å². The molecule has 0 radical (unpaired) electrons. The summed E-state index contributed by atoms with van der Waals surface area (Å²) < 4.78 is 0. The van der Waals surface area contributed by atoms with Crippen molar-refractivity contribution in [2.24, 2.45) is 23.2 Å². The molecule has 1 heteroatoms. The Kier molecular flexibility index (Phi) is 3.63. The smallest absolute Gasteiger partial charge is 0.00127 e. The fourth-order valence-corrected chi connectivity index (χ4v) is 3.76. The van der Waals surface area contributed by atoms with E-state index in [2.05, 4.69) is 32.7 Å². The quantitative estimate of drug-likeness (QED) is 0.662. The SMILES string of the molecule is CCCCC(C)(CC)CC1C2CN(C)CC21. The van der Waals surface area contributed by atoms with Crippen LogP contribution >= 0.6 is 0 Å². The molecule has 0 spiro atoms. The van der Waals surface area contributed by atoms with E-state index in [1.54, 1.807) is 0 Å². The van der Waals surface area contributed by atoms with Crippen LogP contribution in [0.4, 0.5) is 0 Å². The van der Waals surface area contributed by atoms with E-state index in [1.165, 1.54) is 45.2 Å². The monoisotopic (exact) mass is 223 g/mol. The van der Waals surface area contributed by atoms with E-state index >= 15 is 0 Å². The molecule has 0 aromatic rings. The zero-order chi connectivity index (χ0) is 11.8. The molecule has 2 fully saturated rings. The topological polar surface area (TPSA) is 3.24 Å². The van der Waals surface area contributed by atoms with Crippen LogP contribution in [0.5, 0.6) is 0 Å². The minimum Gasteiger partial charge on any atom is -0.306 e. The van der Waals surface area contributed by atoms with E-state index in [4.69, 9.17) is 0 Å². The van der Waals surface area contributed by atoms with E-state index in [0.29, 0.717) is 5.41 Å². The molecule has 2 rings (SSSR count). The Bertz CT molecular complexity index is 226. The Labute approximate surface area is 102 Å². The van der Waals surface area contributed by atoms with Crippen LogP contribution in [0.1, 0.15) is 52.9 Å². The summed E-state index contributed by atoms with van der Waals surface area (Å²) in [5, 5.41) is 0. The second-order valence-electron chi connectivity index (χ2n) is 6.68. The Morgan fingerprint density at radius 2 is 1.81 bits per heavy atom. The summed E-state index contributed by atoms with van der Waals surface area (Å²) in [5.74, 6) is 3.22. The third-order valence-electron chi connectivity index (χ3n) is 5.27. The van der Waals surface area contributed by atoms with E-state index in [0.717, 1.165) is 17.8 Å². The highest BCUT2D eigenvalue weighted by molar-refractivity contribution is 5.05. The summed E-state index contributed by atoms with van der Waals surface area (Å²) in [4.78, 5) is 2.52. The summed E-state index contributed by atoms with van der Waals surface area (Å²) in [6, 6.07) is 0. The van der Waals surface area contributed by atoms with Crippen LogP contribution in [0.15, 0.2) is 0 Å². The molecule has 94 valence electrons. The fraction of sp³-hybridized carbons (Fsp3) is 1.00. The number of piperidine rings is 1. The van der Waals surface area contributed by atoms with Gasteiger partial charge in [0.05, 0.1) is 0 Å². The number of hydrogen-bond donors (Lipinski definition) is 0. The molecule has 1 nitrogen and oxygen atoms in total. The number of unbranched alkanes of at least 4 members (excludes halogenated alkanes) is 1. The second-order valence-corrected chi connectivity index (χ2v) is 6.68. The molecule has 0 bridgehead atoms. The first-order chi connectivity index (χ1) is 7.59. The predicted octanol–water partition coefficient (Wildman–Crippen LogP) is 3.79. The van der Waals surface area contributed by atoms with Gasteiger partial charge in [-0.15, -0.1) is 0 Å². The van der Waals surface area contributed by atoms with Crippen LogP contribution < -0.4 is 0 Å². The summed E-state index contributed by atoms with van der Waals surface area (Å²) in [6.07, 6.45) is 7.11. The van der Waals surface area contributed by atoms with Gasteiger partial charge in [-0.1, -0.05) is 40.0 Å². The van der Waals surface area contributed by atoms with Gasteiger partial charge in [0.2, 0.25) is 0 Å². The summed E-state index contributed by atoms with van der Waals surface area (Å²) in [7, 11) is 2.28. The molecule has 2 aliphatic rings. The zero-order valence-corrected chi connectivity index (χ0v) is 11.6. The lowest BCUT2D eigenvalue weighted by Crippen LogP contribution is -2.23. The molecule has 0 aromatic carbocycles. The minimum absolute atomic E-state index is 0.642. The zero-order valence-electron chi connectivity index (χ0n) is 11.6. The van der Waals surface area contributed by atoms with E-state index in [9.17, 15) is 0 Å². The molecule has 16 heavy (non-hydrogen) atoms. The maximum Gasteiger partial charge on any atom is 0.00127 e. The van der Waals surface area contributed by atoms with Gasteiger partial charge in [-0.3, -0.25) is 0 Å². The highest BCUT2D eigenvalue weighted by Crippen LogP contribution is 2.57. The maximum atomic E-state index is 2.53. The molecule has 1 heterocycles. The van der Waals surface area contributed by atoms with Gasteiger partial charge >= 0.3 is 0 Å². The Balaban J connectivity index is 1.80. The van der Waals surface area contributed by atoms with Crippen molar-refractivity contribution in [3.05, 3.63) is 0 Å². The Morgan fingerprint density at radius 1 is 1.19 bits per heavy atom. The molecule has 0 aromatic heterocycles. The average molecular weight is 223 g/mol. The highest BCUT2D eigenvalue weighted by atomic mass is 15.2. The molecular formula is C15H29N. The van der Waals surface area contributed by atoms with E-state index in [1.807, 2.05) is 0 Å². The highest BCUT2D eigenvalue weighted by Gasteiger charge is 2.55. The first-order valence-corrected chi connectivity index (χ1v) is 7.28. The molecule has 1 saturated heterocycles. The molecule has 0 N–H and O–H groups in total. The van der Waals surface area contributed by atoms with Crippen LogP contribution in [0.2, 0.25) is 0 Å². The van der Waals surface area contributed by atoms with Crippen molar-refractivity contribution in [1.29, 1.82) is 0 Å². The predicted molar refractivity (Wildman–Crippen MR) is 70.5 cm³/mol. The summed E-state index contributed by atoms with van der Waals surface area (Å²) in [5.41, 5.74) is 0.642. The van der Waals surface area contributed by atoms with Crippen LogP contribution in [0.3, 0.4) is 0 Å². The van der Waals surface area contributed by atoms with Gasteiger partial charge in [0.1, 0.15) is 0 Å². The van der Waals surface area contributed by atoms with Crippen molar-refractivity contribution in [1.82, 2.24) is 4.90 Å². The lowest BCUT2D eigenvalue weighted by Gasteiger charge is -2.29. The first kappa shape index (κ1) is 12.4. The lowest BCUT2D eigenvalue weighted by atomic mass is 9.77. The van der Waals surface area contributed by atoms with Gasteiger partial charge in [0, 0.05) is 13.1 Å². The minimum atomic E-state index is 0.642. The maximum absolute atomic E-state index is 2.53. The van der Waals surface area contributed by atoms with Gasteiger partial charge in [-0.25, -0.2) is 0 Å². The van der Waals surface area contributed by atoms with Crippen molar-refractivity contribution < 1.29 is 0 Å². The molecule has 3 atom stereocenters. The Morgan fingerprint density at radius 3 is 2.31 bits per heavy atom. The standard InChI is InChI=1S/C15H29N/c1-5-7-8-15(3,6-2)9-12-13-10-16(4)11-14(12)13/h12-14H,5-11H2,1-4H3. The molecular weight excluding hydrogens is 194 g/mol. The van der Waals surface area contributed by atoms with Crippen molar-refractivity contribution in [3.63, 3.8) is 0 Å². The summed E-state index contributed by atoms with van der Waals surface area (Å²) >= 11 is 0. The lowest BCUT2D eigenvalue weighted by molar-refractivity contribution is 0.214. The van der Waals surface area contributed by atoms with Gasteiger partial charge < -0.3 is 4.90 Å². The molecule has 1 aliphatic carbocycles. The van der Waals surface area contributed by atoms with Gasteiger partial charge in [-0.05, 0) is 43.1 Å². The van der Waals surface area contributed by atoms with Crippen LogP contribution in [0.25, 0.3) is 0 Å².